The molecule has 0 spiro atoms. The Kier molecular flexibility index (Phi) is 4.27. The molecule has 1 aromatic heterocycles. The first-order valence-corrected chi connectivity index (χ1v) is 6.63. The van der Waals surface area contributed by atoms with Gasteiger partial charge in [0.05, 0.1) is 10.6 Å². The van der Waals surface area contributed by atoms with Gasteiger partial charge in [0.2, 0.25) is 0 Å². The van der Waals surface area contributed by atoms with Gasteiger partial charge in [-0.25, -0.2) is 0 Å². The molecule has 0 fully saturated rings. The number of H-pyrrole nitrogens is 1. The standard InChI is InChI=1S/C15H17ClN2O/c1-10-9-12(11(2)18-10)7-8-17-15(19)13-5-3-4-6-14(13)16/h3-6,9,18H,7-8H2,1-2H3,(H,17,19). The summed E-state index contributed by atoms with van der Waals surface area (Å²) in [4.78, 5) is 15.2. The normalized spacial score (nSPS) is 10.5. The van der Waals surface area contributed by atoms with Crippen molar-refractivity contribution in [3.8, 4) is 0 Å². The molecule has 0 radical (unpaired) electrons. The molecule has 1 heterocycles. The number of aryl methyl sites for hydroxylation is 2. The molecule has 2 rings (SSSR count). The van der Waals surface area contributed by atoms with Gasteiger partial charge in [-0.05, 0) is 44.0 Å². The van der Waals surface area contributed by atoms with E-state index in [9.17, 15) is 4.79 Å². The largest absolute Gasteiger partial charge is 0.362 e. The molecule has 19 heavy (non-hydrogen) atoms. The van der Waals surface area contributed by atoms with Crippen LogP contribution in [0.4, 0.5) is 0 Å². The summed E-state index contributed by atoms with van der Waals surface area (Å²) in [5, 5.41) is 3.37. The van der Waals surface area contributed by atoms with Gasteiger partial charge in [-0.15, -0.1) is 0 Å². The van der Waals surface area contributed by atoms with Crippen LogP contribution in [0.15, 0.2) is 30.3 Å². The molecule has 100 valence electrons. The SMILES string of the molecule is Cc1cc(CCNC(=O)c2ccccc2Cl)c(C)[nH]1. The Hall–Kier alpha value is -1.74. The van der Waals surface area contributed by atoms with Crippen molar-refractivity contribution in [3.63, 3.8) is 0 Å². The molecule has 1 aromatic carbocycles. The highest BCUT2D eigenvalue weighted by atomic mass is 35.5. The van der Waals surface area contributed by atoms with Crippen LogP contribution in [0, 0.1) is 13.8 Å². The number of carbonyl (C=O) groups is 1. The molecule has 0 aliphatic rings. The zero-order valence-electron chi connectivity index (χ0n) is 11.1. The predicted octanol–water partition coefficient (Wildman–Crippen LogP) is 3.26. The van der Waals surface area contributed by atoms with Crippen molar-refractivity contribution >= 4 is 17.5 Å². The van der Waals surface area contributed by atoms with E-state index < -0.39 is 0 Å². The number of hydrogen-bond donors (Lipinski definition) is 2. The summed E-state index contributed by atoms with van der Waals surface area (Å²) < 4.78 is 0. The fourth-order valence-electron chi connectivity index (χ4n) is 2.09. The van der Waals surface area contributed by atoms with E-state index in [2.05, 4.69) is 16.4 Å². The molecule has 0 saturated heterocycles. The fourth-order valence-corrected chi connectivity index (χ4v) is 2.31. The average Bonchev–Trinajstić information content (AvgIpc) is 2.68. The van der Waals surface area contributed by atoms with Crippen LogP contribution in [-0.4, -0.2) is 17.4 Å². The van der Waals surface area contributed by atoms with E-state index in [0.29, 0.717) is 17.1 Å². The molecule has 0 saturated carbocycles. The third-order valence-electron chi connectivity index (χ3n) is 3.06. The number of aromatic amines is 1. The Morgan fingerprint density at radius 1 is 1.32 bits per heavy atom. The minimum absolute atomic E-state index is 0.129. The van der Waals surface area contributed by atoms with Gasteiger partial charge in [-0.1, -0.05) is 23.7 Å². The van der Waals surface area contributed by atoms with E-state index in [1.807, 2.05) is 19.9 Å². The molecular weight excluding hydrogens is 260 g/mol. The minimum Gasteiger partial charge on any atom is -0.362 e. The Morgan fingerprint density at radius 3 is 2.68 bits per heavy atom. The lowest BCUT2D eigenvalue weighted by atomic mass is 10.1. The second kappa shape index (κ2) is 5.93. The molecule has 2 aromatic rings. The average molecular weight is 277 g/mol. The molecule has 0 aliphatic heterocycles. The molecule has 3 nitrogen and oxygen atoms in total. The van der Waals surface area contributed by atoms with Gasteiger partial charge in [0, 0.05) is 17.9 Å². The van der Waals surface area contributed by atoms with Gasteiger partial charge < -0.3 is 10.3 Å². The van der Waals surface area contributed by atoms with Gasteiger partial charge in [-0.2, -0.15) is 0 Å². The van der Waals surface area contributed by atoms with Crippen LogP contribution >= 0.6 is 11.6 Å². The molecule has 2 N–H and O–H groups in total. The summed E-state index contributed by atoms with van der Waals surface area (Å²) in [6.07, 6.45) is 0.812. The summed E-state index contributed by atoms with van der Waals surface area (Å²) in [6.45, 7) is 4.67. The van der Waals surface area contributed by atoms with Crippen LogP contribution in [0.5, 0.6) is 0 Å². The second-order valence-electron chi connectivity index (χ2n) is 4.59. The lowest BCUT2D eigenvalue weighted by molar-refractivity contribution is 0.0954. The third-order valence-corrected chi connectivity index (χ3v) is 3.39. The number of nitrogens with one attached hydrogen (secondary N) is 2. The van der Waals surface area contributed by atoms with Crippen molar-refractivity contribution < 1.29 is 4.79 Å². The number of aromatic nitrogens is 1. The van der Waals surface area contributed by atoms with E-state index in [1.165, 1.54) is 5.56 Å². The third kappa shape index (κ3) is 3.38. The highest BCUT2D eigenvalue weighted by molar-refractivity contribution is 6.33. The van der Waals surface area contributed by atoms with Crippen molar-refractivity contribution in [2.75, 3.05) is 6.54 Å². The van der Waals surface area contributed by atoms with Gasteiger partial charge in [0.15, 0.2) is 0 Å². The minimum atomic E-state index is -0.129. The molecule has 1 amide bonds. The Labute approximate surface area is 118 Å². The van der Waals surface area contributed by atoms with Crippen LogP contribution in [0.3, 0.4) is 0 Å². The Bertz CT molecular complexity index is 590. The van der Waals surface area contributed by atoms with Crippen LogP contribution in [0.1, 0.15) is 27.3 Å². The first kappa shape index (κ1) is 13.7. The molecule has 0 bridgehead atoms. The van der Waals surface area contributed by atoms with Crippen molar-refractivity contribution in [2.24, 2.45) is 0 Å². The number of rotatable bonds is 4. The van der Waals surface area contributed by atoms with Gasteiger partial charge in [0.1, 0.15) is 0 Å². The number of carbonyl (C=O) groups excluding carboxylic acids is 1. The quantitative estimate of drug-likeness (QED) is 0.885. The van der Waals surface area contributed by atoms with Gasteiger partial charge in [-0.3, -0.25) is 4.79 Å². The number of benzene rings is 1. The number of halogens is 1. The van der Waals surface area contributed by atoms with Crippen LogP contribution in [0.2, 0.25) is 5.02 Å². The van der Waals surface area contributed by atoms with Crippen molar-refractivity contribution in [1.82, 2.24) is 10.3 Å². The van der Waals surface area contributed by atoms with Crippen molar-refractivity contribution in [3.05, 3.63) is 57.9 Å². The number of hydrogen-bond acceptors (Lipinski definition) is 1. The molecule has 0 aliphatic carbocycles. The Balaban J connectivity index is 1.91. The zero-order valence-corrected chi connectivity index (χ0v) is 11.8. The van der Waals surface area contributed by atoms with Crippen LogP contribution in [0.25, 0.3) is 0 Å². The maximum Gasteiger partial charge on any atom is 0.252 e. The lowest BCUT2D eigenvalue weighted by Gasteiger charge is -2.06. The first-order valence-electron chi connectivity index (χ1n) is 6.25. The maximum absolute atomic E-state index is 11.9. The first-order chi connectivity index (χ1) is 9.08. The van der Waals surface area contributed by atoms with E-state index in [4.69, 9.17) is 11.6 Å². The molecule has 0 unspecified atom stereocenters. The Morgan fingerprint density at radius 2 is 2.05 bits per heavy atom. The molecule has 4 heteroatoms. The topological polar surface area (TPSA) is 44.9 Å². The summed E-state index contributed by atoms with van der Waals surface area (Å²) in [7, 11) is 0. The summed E-state index contributed by atoms with van der Waals surface area (Å²) in [6, 6.07) is 9.17. The smallest absolute Gasteiger partial charge is 0.252 e. The number of amides is 1. The molecule has 0 atom stereocenters. The summed E-state index contributed by atoms with van der Waals surface area (Å²) in [5.74, 6) is -0.129. The van der Waals surface area contributed by atoms with E-state index >= 15 is 0 Å². The van der Waals surface area contributed by atoms with Crippen LogP contribution in [-0.2, 0) is 6.42 Å². The highest BCUT2D eigenvalue weighted by Crippen LogP contribution is 2.14. The zero-order chi connectivity index (χ0) is 13.8. The highest BCUT2D eigenvalue weighted by Gasteiger charge is 2.09. The van der Waals surface area contributed by atoms with Gasteiger partial charge >= 0.3 is 0 Å². The predicted molar refractivity (Wildman–Crippen MR) is 77.8 cm³/mol. The van der Waals surface area contributed by atoms with Crippen LogP contribution < -0.4 is 5.32 Å². The van der Waals surface area contributed by atoms with E-state index in [0.717, 1.165) is 17.8 Å². The van der Waals surface area contributed by atoms with Gasteiger partial charge in [0.25, 0.3) is 5.91 Å². The fraction of sp³-hybridized carbons (Fsp3) is 0.267. The molecular formula is C15H17ClN2O. The summed E-state index contributed by atoms with van der Waals surface area (Å²) in [5.41, 5.74) is 4.05. The lowest BCUT2D eigenvalue weighted by Crippen LogP contribution is -2.26. The van der Waals surface area contributed by atoms with Crippen molar-refractivity contribution in [1.29, 1.82) is 0 Å². The van der Waals surface area contributed by atoms with E-state index in [-0.39, 0.29) is 5.91 Å². The summed E-state index contributed by atoms with van der Waals surface area (Å²) >= 11 is 5.98. The second-order valence-corrected chi connectivity index (χ2v) is 5.00. The maximum atomic E-state index is 11.9. The van der Waals surface area contributed by atoms with Crippen molar-refractivity contribution in [2.45, 2.75) is 20.3 Å². The van der Waals surface area contributed by atoms with E-state index in [1.54, 1.807) is 18.2 Å². The monoisotopic (exact) mass is 276 g/mol.